The van der Waals surface area contributed by atoms with Crippen LogP contribution < -0.4 is 10.5 Å². The van der Waals surface area contributed by atoms with Gasteiger partial charge in [0, 0.05) is 6.54 Å². The van der Waals surface area contributed by atoms with Gasteiger partial charge in [-0.2, -0.15) is 0 Å². The minimum atomic E-state index is -3.74. The number of anilines is 1. The van der Waals surface area contributed by atoms with Crippen LogP contribution in [0.15, 0.2) is 23.1 Å². The molecule has 1 aromatic rings. The van der Waals surface area contributed by atoms with E-state index in [2.05, 4.69) is 4.72 Å². The first-order chi connectivity index (χ1) is 8.84. The number of hydrogen-bond acceptors (Lipinski definition) is 4. The smallest absolute Gasteiger partial charge is 0.242 e. The third kappa shape index (κ3) is 4.77. The maximum Gasteiger partial charge on any atom is 0.242 e. The second-order valence-corrected chi connectivity index (χ2v) is 6.30. The van der Waals surface area contributed by atoms with Gasteiger partial charge in [0.15, 0.2) is 0 Å². The predicted molar refractivity (Wildman–Crippen MR) is 73.8 cm³/mol. The Kier molecular flexibility index (Phi) is 5.71. The predicted octanol–water partition coefficient (Wildman–Crippen LogP) is 1.03. The van der Waals surface area contributed by atoms with Crippen LogP contribution in [0.3, 0.4) is 0 Å². The number of para-hydroxylation sites is 1. The summed E-state index contributed by atoms with van der Waals surface area (Å²) in [5, 5.41) is 0. The SMILES string of the molecule is CN(C)CCCCNS(=O)(=O)c1cccc(F)c1N. The molecule has 19 heavy (non-hydrogen) atoms. The van der Waals surface area contributed by atoms with E-state index in [4.69, 9.17) is 5.73 Å². The molecule has 0 fully saturated rings. The van der Waals surface area contributed by atoms with E-state index in [0.29, 0.717) is 13.0 Å². The minimum Gasteiger partial charge on any atom is -0.395 e. The van der Waals surface area contributed by atoms with E-state index in [1.165, 1.54) is 12.1 Å². The zero-order valence-electron chi connectivity index (χ0n) is 11.2. The molecule has 108 valence electrons. The highest BCUT2D eigenvalue weighted by atomic mass is 32.2. The van der Waals surface area contributed by atoms with Crippen LogP contribution >= 0.6 is 0 Å². The van der Waals surface area contributed by atoms with Gasteiger partial charge in [-0.25, -0.2) is 17.5 Å². The quantitative estimate of drug-likeness (QED) is 0.580. The van der Waals surface area contributed by atoms with Crippen LogP contribution in [0.25, 0.3) is 0 Å². The second kappa shape index (κ2) is 6.83. The Bertz CT molecular complexity index is 518. The number of unbranched alkanes of at least 4 members (excludes halogenated alkanes) is 1. The van der Waals surface area contributed by atoms with Crippen molar-refractivity contribution in [2.24, 2.45) is 0 Å². The van der Waals surface area contributed by atoms with Crippen molar-refractivity contribution in [3.8, 4) is 0 Å². The number of nitrogens with two attached hydrogens (primary N) is 1. The number of nitrogen functional groups attached to an aromatic ring is 1. The fraction of sp³-hybridized carbons (Fsp3) is 0.500. The first kappa shape index (κ1) is 15.9. The fourth-order valence-corrected chi connectivity index (χ4v) is 2.80. The molecule has 0 radical (unpaired) electrons. The van der Waals surface area contributed by atoms with Crippen LogP contribution in [-0.4, -0.2) is 40.5 Å². The topological polar surface area (TPSA) is 75.4 Å². The normalized spacial score (nSPS) is 12.0. The molecule has 1 rings (SSSR count). The number of benzene rings is 1. The Hall–Kier alpha value is -1.18. The van der Waals surface area contributed by atoms with Crippen molar-refractivity contribution in [2.75, 3.05) is 32.9 Å². The summed E-state index contributed by atoms with van der Waals surface area (Å²) in [6, 6.07) is 3.75. The largest absolute Gasteiger partial charge is 0.395 e. The lowest BCUT2D eigenvalue weighted by Crippen LogP contribution is -2.26. The summed E-state index contributed by atoms with van der Waals surface area (Å²) in [5.74, 6) is -0.726. The Morgan fingerprint density at radius 3 is 2.63 bits per heavy atom. The van der Waals surface area contributed by atoms with Crippen molar-refractivity contribution in [3.05, 3.63) is 24.0 Å². The monoisotopic (exact) mass is 289 g/mol. The average molecular weight is 289 g/mol. The van der Waals surface area contributed by atoms with Gasteiger partial charge in [0.1, 0.15) is 10.7 Å². The minimum absolute atomic E-state index is 0.208. The Morgan fingerprint density at radius 1 is 1.32 bits per heavy atom. The first-order valence-corrected chi connectivity index (χ1v) is 7.51. The molecule has 0 atom stereocenters. The summed E-state index contributed by atoms with van der Waals surface area (Å²) in [6.45, 7) is 1.20. The molecule has 0 saturated heterocycles. The molecule has 0 amide bonds. The van der Waals surface area contributed by atoms with Crippen molar-refractivity contribution >= 4 is 15.7 Å². The molecule has 0 aliphatic rings. The van der Waals surface area contributed by atoms with Gasteiger partial charge in [-0.15, -0.1) is 0 Å². The van der Waals surface area contributed by atoms with E-state index in [0.717, 1.165) is 19.0 Å². The molecule has 7 heteroatoms. The van der Waals surface area contributed by atoms with Gasteiger partial charge in [0.25, 0.3) is 0 Å². The molecule has 3 N–H and O–H groups in total. The van der Waals surface area contributed by atoms with Gasteiger partial charge < -0.3 is 10.6 Å². The number of rotatable bonds is 7. The van der Waals surface area contributed by atoms with Gasteiger partial charge in [0.05, 0.1) is 5.69 Å². The number of nitrogens with one attached hydrogen (secondary N) is 1. The van der Waals surface area contributed by atoms with E-state index in [9.17, 15) is 12.8 Å². The van der Waals surface area contributed by atoms with E-state index in [-0.39, 0.29) is 10.6 Å². The molecule has 0 aliphatic heterocycles. The average Bonchev–Trinajstić information content (AvgIpc) is 2.31. The number of sulfonamides is 1. The van der Waals surface area contributed by atoms with Crippen LogP contribution in [0.4, 0.5) is 10.1 Å². The lowest BCUT2D eigenvalue weighted by molar-refractivity contribution is 0.394. The highest BCUT2D eigenvalue weighted by Gasteiger charge is 2.18. The molecule has 0 unspecified atom stereocenters. The maximum absolute atomic E-state index is 13.2. The highest BCUT2D eigenvalue weighted by molar-refractivity contribution is 7.89. The van der Waals surface area contributed by atoms with Gasteiger partial charge in [-0.1, -0.05) is 6.07 Å². The summed E-state index contributed by atoms with van der Waals surface area (Å²) >= 11 is 0. The Morgan fingerprint density at radius 2 is 2.00 bits per heavy atom. The third-order valence-corrected chi connectivity index (χ3v) is 4.15. The summed E-state index contributed by atoms with van der Waals surface area (Å²) in [7, 11) is 0.169. The summed E-state index contributed by atoms with van der Waals surface area (Å²) in [4.78, 5) is 1.82. The standard InChI is InChI=1S/C12H20FN3O2S/c1-16(2)9-4-3-8-15-19(17,18)11-7-5-6-10(13)12(11)14/h5-7,15H,3-4,8-9,14H2,1-2H3. The molecule has 5 nitrogen and oxygen atoms in total. The number of halogens is 1. The van der Waals surface area contributed by atoms with Crippen LogP contribution in [-0.2, 0) is 10.0 Å². The van der Waals surface area contributed by atoms with E-state index in [1.54, 1.807) is 0 Å². The molecular weight excluding hydrogens is 269 g/mol. The third-order valence-electron chi connectivity index (χ3n) is 2.63. The van der Waals surface area contributed by atoms with Crippen LogP contribution in [0, 0.1) is 5.82 Å². The molecular formula is C12H20FN3O2S. The molecule has 0 aromatic heterocycles. The Balaban J connectivity index is 2.59. The van der Waals surface area contributed by atoms with Crippen molar-refractivity contribution < 1.29 is 12.8 Å². The zero-order chi connectivity index (χ0) is 14.5. The van der Waals surface area contributed by atoms with Crippen LogP contribution in [0.5, 0.6) is 0 Å². The number of hydrogen-bond donors (Lipinski definition) is 2. The van der Waals surface area contributed by atoms with E-state index in [1.807, 2.05) is 19.0 Å². The maximum atomic E-state index is 13.2. The van der Waals surface area contributed by atoms with Crippen molar-refractivity contribution in [1.82, 2.24) is 9.62 Å². The zero-order valence-corrected chi connectivity index (χ0v) is 12.0. The van der Waals surface area contributed by atoms with Gasteiger partial charge in [-0.3, -0.25) is 0 Å². The fourth-order valence-electron chi connectivity index (χ4n) is 1.59. The summed E-state index contributed by atoms with van der Waals surface area (Å²) in [5.41, 5.74) is 5.09. The van der Waals surface area contributed by atoms with Gasteiger partial charge >= 0.3 is 0 Å². The highest BCUT2D eigenvalue weighted by Crippen LogP contribution is 2.20. The lowest BCUT2D eigenvalue weighted by atomic mass is 10.3. The van der Waals surface area contributed by atoms with Gasteiger partial charge in [-0.05, 0) is 45.6 Å². The van der Waals surface area contributed by atoms with E-state index < -0.39 is 15.8 Å². The number of nitrogens with zero attached hydrogens (tertiary/aromatic N) is 1. The first-order valence-electron chi connectivity index (χ1n) is 6.03. The van der Waals surface area contributed by atoms with Gasteiger partial charge in [0.2, 0.25) is 10.0 Å². The van der Waals surface area contributed by atoms with Crippen molar-refractivity contribution in [3.63, 3.8) is 0 Å². The van der Waals surface area contributed by atoms with Crippen LogP contribution in [0.1, 0.15) is 12.8 Å². The molecule has 0 saturated carbocycles. The molecule has 1 aromatic carbocycles. The molecule has 0 aliphatic carbocycles. The van der Waals surface area contributed by atoms with Crippen molar-refractivity contribution in [1.29, 1.82) is 0 Å². The molecule has 0 spiro atoms. The Labute approximate surface area is 113 Å². The second-order valence-electron chi connectivity index (χ2n) is 4.56. The van der Waals surface area contributed by atoms with E-state index >= 15 is 0 Å². The summed E-state index contributed by atoms with van der Waals surface area (Å²) < 4.78 is 39.5. The molecule has 0 bridgehead atoms. The van der Waals surface area contributed by atoms with Crippen LogP contribution in [0.2, 0.25) is 0 Å². The van der Waals surface area contributed by atoms with Crippen molar-refractivity contribution in [2.45, 2.75) is 17.7 Å². The lowest BCUT2D eigenvalue weighted by Gasteiger charge is -2.11. The molecule has 0 heterocycles. The summed E-state index contributed by atoms with van der Waals surface area (Å²) in [6.07, 6.45) is 1.60.